The molecule has 1 aromatic heterocycles. The summed E-state index contributed by atoms with van der Waals surface area (Å²) in [7, 11) is 0. The van der Waals surface area contributed by atoms with Crippen molar-refractivity contribution >= 4 is 40.3 Å². The van der Waals surface area contributed by atoms with Gasteiger partial charge >= 0.3 is 0 Å². The molecule has 1 fully saturated rings. The Morgan fingerprint density at radius 2 is 1.82 bits per heavy atom. The van der Waals surface area contributed by atoms with Crippen LogP contribution in [0, 0.1) is 11.7 Å². The fourth-order valence-corrected chi connectivity index (χ4v) is 5.37. The summed E-state index contributed by atoms with van der Waals surface area (Å²) in [6.45, 7) is 4.82. The normalized spacial score (nSPS) is 14.6. The van der Waals surface area contributed by atoms with E-state index in [0.29, 0.717) is 38.7 Å². The molecule has 0 aliphatic carbocycles. The zero-order chi connectivity index (χ0) is 26.6. The number of thiocarbonyl (C=S) groups is 1. The lowest BCUT2D eigenvalue weighted by atomic mass is 10.1. The average molecular weight is 544 g/mol. The second-order valence-corrected chi connectivity index (χ2v) is 11.0. The molecule has 2 heterocycles. The summed E-state index contributed by atoms with van der Waals surface area (Å²) >= 11 is 6.81. The highest BCUT2D eigenvalue weighted by atomic mass is 32.2. The van der Waals surface area contributed by atoms with Gasteiger partial charge in [-0.25, -0.2) is 9.07 Å². The van der Waals surface area contributed by atoms with E-state index in [4.69, 9.17) is 22.1 Å². The van der Waals surface area contributed by atoms with Gasteiger partial charge in [0.2, 0.25) is 0 Å². The molecular formula is C30H26FN3O2S2. The van der Waals surface area contributed by atoms with Crippen molar-refractivity contribution in [2.24, 2.45) is 5.92 Å². The maximum Gasteiger partial charge on any atom is 0.266 e. The van der Waals surface area contributed by atoms with Gasteiger partial charge in [0.05, 0.1) is 10.6 Å². The minimum atomic E-state index is -0.303. The van der Waals surface area contributed by atoms with E-state index in [1.807, 2.05) is 66.9 Å². The quantitative estimate of drug-likeness (QED) is 0.175. The average Bonchev–Trinajstić information content (AvgIpc) is 3.45. The number of carbonyl (C=O) groups is 1. The third-order valence-corrected chi connectivity index (χ3v) is 7.31. The Labute approximate surface area is 230 Å². The number of amides is 1. The van der Waals surface area contributed by atoms with Gasteiger partial charge in [-0.1, -0.05) is 86.4 Å². The summed E-state index contributed by atoms with van der Waals surface area (Å²) in [6, 6.07) is 23.9. The van der Waals surface area contributed by atoms with E-state index in [0.717, 1.165) is 16.8 Å². The van der Waals surface area contributed by atoms with Gasteiger partial charge in [0.25, 0.3) is 5.91 Å². The van der Waals surface area contributed by atoms with E-state index in [-0.39, 0.29) is 18.3 Å². The number of benzene rings is 3. The molecule has 0 radical (unpaired) electrons. The van der Waals surface area contributed by atoms with Crippen molar-refractivity contribution in [3.8, 4) is 22.7 Å². The van der Waals surface area contributed by atoms with Crippen LogP contribution >= 0.6 is 24.0 Å². The third kappa shape index (κ3) is 5.71. The zero-order valence-corrected chi connectivity index (χ0v) is 22.6. The number of nitrogens with zero attached hydrogens (tertiary/aromatic N) is 3. The fourth-order valence-electron chi connectivity index (χ4n) is 4.10. The van der Waals surface area contributed by atoms with Crippen molar-refractivity contribution in [2.45, 2.75) is 20.5 Å². The summed E-state index contributed by atoms with van der Waals surface area (Å²) in [4.78, 5) is 15.4. The molecule has 0 spiro atoms. The van der Waals surface area contributed by atoms with E-state index in [1.54, 1.807) is 27.8 Å². The molecule has 1 amide bonds. The molecule has 0 saturated carbocycles. The van der Waals surface area contributed by atoms with Gasteiger partial charge in [-0.15, -0.1) is 0 Å². The SMILES string of the molecule is CC(C)CN1C(=O)/C(=C/c2cn(-c3ccccc3)nc2-c2cccc(OCc3ccccc3F)c2)SC1=S. The Kier molecular flexibility index (Phi) is 7.72. The van der Waals surface area contributed by atoms with E-state index in [9.17, 15) is 9.18 Å². The van der Waals surface area contributed by atoms with Crippen molar-refractivity contribution < 1.29 is 13.9 Å². The molecule has 38 heavy (non-hydrogen) atoms. The molecule has 5 nitrogen and oxygen atoms in total. The number of hydrogen-bond donors (Lipinski definition) is 0. The lowest BCUT2D eigenvalue weighted by Crippen LogP contribution is -2.31. The zero-order valence-electron chi connectivity index (χ0n) is 21.0. The van der Waals surface area contributed by atoms with E-state index in [2.05, 4.69) is 13.8 Å². The molecule has 4 aromatic rings. The van der Waals surface area contributed by atoms with Crippen LogP contribution in [0.3, 0.4) is 0 Å². The predicted octanol–water partition coefficient (Wildman–Crippen LogP) is 7.11. The second-order valence-electron chi connectivity index (χ2n) is 9.31. The van der Waals surface area contributed by atoms with Crippen LogP contribution in [0.15, 0.2) is 90.0 Å². The predicted molar refractivity (Wildman–Crippen MR) is 154 cm³/mol. The van der Waals surface area contributed by atoms with Gasteiger partial charge in [0.1, 0.15) is 28.2 Å². The highest BCUT2D eigenvalue weighted by molar-refractivity contribution is 8.26. The summed E-state index contributed by atoms with van der Waals surface area (Å²) in [5, 5.41) is 4.87. The van der Waals surface area contributed by atoms with Crippen LogP contribution in [-0.4, -0.2) is 31.5 Å². The molecule has 0 unspecified atom stereocenters. The van der Waals surface area contributed by atoms with Crippen LogP contribution in [0.1, 0.15) is 25.0 Å². The van der Waals surface area contributed by atoms with E-state index < -0.39 is 0 Å². The molecule has 8 heteroatoms. The van der Waals surface area contributed by atoms with Crippen molar-refractivity contribution in [1.82, 2.24) is 14.7 Å². The summed E-state index contributed by atoms with van der Waals surface area (Å²) in [6.07, 6.45) is 3.76. The molecular weight excluding hydrogens is 517 g/mol. The van der Waals surface area contributed by atoms with Gasteiger partial charge < -0.3 is 4.74 Å². The number of hydrogen-bond acceptors (Lipinski definition) is 5. The number of aromatic nitrogens is 2. The van der Waals surface area contributed by atoms with Crippen molar-refractivity contribution in [3.05, 3.63) is 107 Å². The number of para-hydroxylation sites is 1. The number of ether oxygens (including phenoxy) is 1. The van der Waals surface area contributed by atoms with Gasteiger partial charge in [0.15, 0.2) is 0 Å². The van der Waals surface area contributed by atoms with Crippen molar-refractivity contribution in [1.29, 1.82) is 0 Å². The minimum Gasteiger partial charge on any atom is -0.489 e. The van der Waals surface area contributed by atoms with Gasteiger partial charge in [-0.3, -0.25) is 9.69 Å². The van der Waals surface area contributed by atoms with Crippen LogP contribution in [0.2, 0.25) is 0 Å². The second kappa shape index (κ2) is 11.3. The van der Waals surface area contributed by atoms with E-state index >= 15 is 0 Å². The highest BCUT2D eigenvalue weighted by Gasteiger charge is 2.32. The Morgan fingerprint density at radius 3 is 2.58 bits per heavy atom. The Balaban J connectivity index is 1.50. The summed E-state index contributed by atoms with van der Waals surface area (Å²) < 4.78 is 22.3. The topological polar surface area (TPSA) is 47.4 Å². The first-order valence-electron chi connectivity index (χ1n) is 12.3. The van der Waals surface area contributed by atoms with Crippen LogP contribution in [0.5, 0.6) is 5.75 Å². The molecule has 192 valence electrons. The fraction of sp³-hybridized carbons (Fsp3) is 0.167. The largest absolute Gasteiger partial charge is 0.489 e. The Bertz CT molecular complexity index is 1510. The van der Waals surface area contributed by atoms with Gasteiger partial charge in [-0.05, 0) is 42.3 Å². The van der Waals surface area contributed by atoms with E-state index in [1.165, 1.54) is 17.8 Å². The van der Waals surface area contributed by atoms with Gasteiger partial charge in [0, 0.05) is 29.4 Å². The van der Waals surface area contributed by atoms with Crippen LogP contribution < -0.4 is 4.74 Å². The van der Waals surface area contributed by atoms with Crippen molar-refractivity contribution in [3.63, 3.8) is 0 Å². The van der Waals surface area contributed by atoms with Gasteiger partial charge in [-0.2, -0.15) is 5.10 Å². The summed E-state index contributed by atoms with van der Waals surface area (Å²) in [5.74, 6) is 0.506. The number of thioether (sulfide) groups is 1. The molecule has 5 rings (SSSR count). The monoisotopic (exact) mass is 543 g/mol. The molecule has 0 N–H and O–H groups in total. The van der Waals surface area contributed by atoms with Crippen LogP contribution in [0.25, 0.3) is 23.0 Å². The maximum atomic E-state index is 14.1. The molecule has 1 aliphatic rings. The first-order valence-corrected chi connectivity index (χ1v) is 13.5. The Hall–Kier alpha value is -3.75. The minimum absolute atomic E-state index is 0.0888. The lowest BCUT2D eigenvalue weighted by molar-refractivity contribution is -0.122. The molecule has 1 saturated heterocycles. The number of carbonyl (C=O) groups excluding carboxylic acids is 1. The number of rotatable bonds is 8. The van der Waals surface area contributed by atoms with Crippen LogP contribution in [-0.2, 0) is 11.4 Å². The first kappa shape index (κ1) is 25.9. The highest BCUT2D eigenvalue weighted by Crippen LogP contribution is 2.36. The smallest absolute Gasteiger partial charge is 0.266 e. The molecule has 0 atom stereocenters. The molecule has 3 aromatic carbocycles. The summed E-state index contributed by atoms with van der Waals surface area (Å²) in [5.41, 5.74) is 3.67. The lowest BCUT2D eigenvalue weighted by Gasteiger charge is -2.16. The first-order chi connectivity index (χ1) is 18.4. The third-order valence-electron chi connectivity index (χ3n) is 5.93. The Morgan fingerprint density at radius 1 is 1.05 bits per heavy atom. The number of halogens is 1. The molecule has 0 bridgehead atoms. The maximum absolute atomic E-state index is 14.1. The molecule has 1 aliphatic heterocycles. The van der Waals surface area contributed by atoms with Crippen LogP contribution in [0.4, 0.5) is 4.39 Å². The standard InChI is InChI=1S/C30H26FN3O2S2/c1-20(2)17-33-29(35)27(38-30(33)37)16-23-18-34(24-11-4-3-5-12-24)32-28(23)21-10-8-13-25(15-21)36-19-22-9-6-7-14-26(22)31/h3-16,18,20H,17,19H2,1-2H3/b27-16-. The van der Waals surface area contributed by atoms with Crippen molar-refractivity contribution in [2.75, 3.05) is 6.54 Å².